The first-order chi connectivity index (χ1) is 12.8. The van der Waals surface area contributed by atoms with Crippen LogP contribution in [0.5, 0.6) is 0 Å². The second kappa shape index (κ2) is 8.61. The average molecular weight is 438 g/mol. The molecule has 0 saturated carbocycles. The van der Waals surface area contributed by atoms with E-state index >= 15 is 0 Å². The molecular weight excluding hydrogens is 418 g/mol. The van der Waals surface area contributed by atoms with Crippen molar-refractivity contribution in [1.29, 1.82) is 0 Å². The Labute approximate surface area is 170 Å². The molecule has 0 aliphatic carbocycles. The summed E-state index contributed by atoms with van der Waals surface area (Å²) in [5, 5.41) is 4.70. The van der Waals surface area contributed by atoms with Gasteiger partial charge in [0.25, 0.3) is 0 Å². The molecule has 0 saturated heterocycles. The van der Waals surface area contributed by atoms with Crippen molar-refractivity contribution >= 4 is 45.5 Å². The quantitative estimate of drug-likeness (QED) is 0.393. The lowest BCUT2D eigenvalue weighted by Crippen LogP contribution is -2.38. The van der Waals surface area contributed by atoms with E-state index in [1.807, 2.05) is 24.3 Å². The van der Waals surface area contributed by atoms with Gasteiger partial charge in [-0.3, -0.25) is 0 Å². The van der Waals surface area contributed by atoms with Crippen LogP contribution in [0.3, 0.4) is 0 Å². The van der Waals surface area contributed by atoms with E-state index in [1.165, 1.54) is 22.0 Å². The molecule has 0 fully saturated rings. The Hall–Kier alpha value is -2.28. The molecule has 0 heterocycles. The average Bonchev–Trinajstić information content (AvgIpc) is 2.71. The van der Waals surface area contributed by atoms with E-state index < -0.39 is 7.26 Å². The molecule has 0 aromatic heterocycles. The third kappa shape index (κ3) is 3.60. The van der Waals surface area contributed by atoms with Crippen LogP contribution in [0.25, 0.3) is 0 Å². The van der Waals surface area contributed by atoms with Crippen LogP contribution in [-0.2, 0) is 0 Å². The second-order valence-corrected chi connectivity index (χ2v) is 9.56. The fourth-order valence-corrected chi connectivity index (χ4v) is 7.81. The molecule has 4 rings (SSSR count). The predicted molar refractivity (Wildman–Crippen MR) is 122 cm³/mol. The van der Waals surface area contributed by atoms with E-state index in [2.05, 4.69) is 78.9 Å². The zero-order valence-electron chi connectivity index (χ0n) is 14.7. The van der Waals surface area contributed by atoms with Gasteiger partial charge in [-0.2, -0.15) is 0 Å². The van der Waals surface area contributed by atoms with Crippen molar-refractivity contribution in [3.63, 3.8) is 0 Å². The van der Waals surface area contributed by atoms with Crippen molar-refractivity contribution < 1.29 is 4.39 Å². The van der Waals surface area contributed by atoms with E-state index in [0.29, 0.717) is 0 Å². The third-order valence-electron chi connectivity index (χ3n) is 4.63. The number of halogens is 2. The SMILES string of the molecule is Br.Fc1cccc([P](c2ccccc2)(c2ccccc2)c2ccccc2)c1. The summed E-state index contributed by atoms with van der Waals surface area (Å²) < 4.78 is 14.3. The minimum absolute atomic E-state index is 0. The van der Waals surface area contributed by atoms with Crippen molar-refractivity contribution in [2.24, 2.45) is 0 Å². The first-order valence-corrected chi connectivity index (χ1v) is 10.4. The molecule has 4 aromatic rings. The highest BCUT2D eigenvalue weighted by Crippen LogP contribution is 2.54. The maximum Gasteiger partial charge on any atom is 0.123 e. The van der Waals surface area contributed by atoms with Gasteiger partial charge >= 0.3 is 0 Å². The lowest BCUT2D eigenvalue weighted by molar-refractivity contribution is 0.629. The van der Waals surface area contributed by atoms with Gasteiger partial charge in [-0.15, -0.1) is 17.0 Å². The van der Waals surface area contributed by atoms with Crippen molar-refractivity contribution in [2.45, 2.75) is 0 Å². The van der Waals surface area contributed by atoms with Gasteiger partial charge < -0.3 is 0 Å². The maximum absolute atomic E-state index is 14.3. The molecular formula is C24H20BrFP. The highest BCUT2D eigenvalue weighted by atomic mass is 79.9. The van der Waals surface area contributed by atoms with Gasteiger partial charge in [0, 0.05) is 0 Å². The van der Waals surface area contributed by atoms with Crippen LogP contribution in [0.15, 0.2) is 115 Å². The summed E-state index contributed by atoms with van der Waals surface area (Å²) in [7, 11) is -2.17. The summed E-state index contributed by atoms with van der Waals surface area (Å²) >= 11 is 0. The van der Waals surface area contributed by atoms with Crippen molar-refractivity contribution in [3.05, 3.63) is 121 Å². The van der Waals surface area contributed by atoms with Crippen LogP contribution < -0.4 is 21.2 Å². The largest absolute Gasteiger partial charge is 0.207 e. The molecule has 0 bridgehead atoms. The van der Waals surface area contributed by atoms with Crippen LogP contribution in [0.1, 0.15) is 0 Å². The topological polar surface area (TPSA) is 0 Å². The Balaban J connectivity index is 0.00000210. The molecule has 0 nitrogen and oxygen atoms in total. The van der Waals surface area contributed by atoms with E-state index in [-0.39, 0.29) is 22.8 Å². The lowest BCUT2D eigenvalue weighted by atomic mass is 10.3. The van der Waals surface area contributed by atoms with Gasteiger partial charge in [-0.1, -0.05) is 103 Å². The van der Waals surface area contributed by atoms with Gasteiger partial charge in [0.1, 0.15) is 5.82 Å². The molecule has 4 aromatic carbocycles. The van der Waals surface area contributed by atoms with E-state index in [9.17, 15) is 4.39 Å². The lowest BCUT2D eigenvalue weighted by Gasteiger charge is -2.38. The summed E-state index contributed by atoms with van der Waals surface area (Å²) in [6, 6.07) is 38.5. The summed E-state index contributed by atoms with van der Waals surface area (Å²) in [6.07, 6.45) is 0. The number of rotatable bonds is 4. The second-order valence-electron chi connectivity index (χ2n) is 6.16. The van der Waals surface area contributed by atoms with Crippen LogP contribution >= 0.6 is 24.2 Å². The molecule has 135 valence electrons. The van der Waals surface area contributed by atoms with Gasteiger partial charge in [0.2, 0.25) is 0 Å². The Morgan fingerprint density at radius 1 is 0.444 bits per heavy atom. The van der Waals surface area contributed by atoms with Crippen LogP contribution in [-0.4, -0.2) is 0 Å². The zero-order valence-corrected chi connectivity index (χ0v) is 17.3. The zero-order chi connectivity index (χ0) is 17.8. The summed E-state index contributed by atoms with van der Waals surface area (Å²) in [6.45, 7) is 0. The predicted octanol–water partition coefficient (Wildman–Crippen LogP) is 5.02. The normalized spacial score (nSPS) is 10.9. The standard InChI is InChI=1S/C24H19FP.BrH/c25-20-11-10-18-24(19-20)26(21-12-4-1-5-13-21,22-14-6-2-7-15-22)23-16-8-3-9-17-23;/h1-19H;1H. The Morgan fingerprint density at radius 3 is 1.19 bits per heavy atom. The minimum Gasteiger partial charge on any atom is -0.207 e. The van der Waals surface area contributed by atoms with Crippen LogP contribution in [0.2, 0.25) is 0 Å². The molecule has 0 N–H and O–H groups in total. The number of hydrogen-bond acceptors (Lipinski definition) is 0. The highest BCUT2D eigenvalue weighted by molar-refractivity contribution is 8.93. The van der Waals surface area contributed by atoms with E-state index in [0.717, 1.165) is 5.30 Å². The Bertz CT molecular complexity index is 892. The van der Waals surface area contributed by atoms with Gasteiger partial charge in [0.05, 0.1) is 0 Å². The fourth-order valence-electron chi connectivity index (χ4n) is 3.53. The van der Waals surface area contributed by atoms with Gasteiger partial charge in [-0.05, 0) is 40.6 Å². The third-order valence-corrected chi connectivity index (χ3v) is 8.90. The van der Waals surface area contributed by atoms with Gasteiger partial charge in [-0.25, -0.2) is 4.39 Å². The van der Waals surface area contributed by atoms with Crippen molar-refractivity contribution in [2.75, 3.05) is 0 Å². The summed E-state index contributed by atoms with van der Waals surface area (Å²) in [5.74, 6) is -0.199. The molecule has 0 amide bonds. The molecule has 0 atom stereocenters. The van der Waals surface area contributed by atoms with Gasteiger partial charge in [0.15, 0.2) is 0 Å². The molecule has 3 heteroatoms. The molecule has 0 aliphatic rings. The van der Waals surface area contributed by atoms with E-state index in [1.54, 1.807) is 6.07 Å². The number of benzene rings is 4. The molecule has 1 radical (unpaired) electrons. The van der Waals surface area contributed by atoms with Crippen molar-refractivity contribution in [3.8, 4) is 0 Å². The van der Waals surface area contributed by atoms with E-state index in [4.69, 9.17) is 0 Å². The first kappa shape index (κ1) is 19.5. The monoisotopic (exact) mass is 437 g/mol. The van der Waals surface area contributed by atoms with Crippen molar-refractivity contribution in [1.82, 2.24) is 0 Å². The molecule has 27 heavy (non-hydrogen) atoms. The van der Waals surface area contributed by atoms with Crippen LogP contribution in [0.4, 0.5) is 4.39 Å². The smallest absolute Gasteiger partial charge is 0.123 e. The molecule has 0 aliphatic heterocycles. The minimum atomic E-state index is -2.17. The molecule has 0 unspecified atom stereocenters. The molecule has 0 spiro atoms. The first-order valence-electron chi connectivity index (χ1n) is 8.64. The maximum atomic E-state index is 14.3. The number of hydrogen-bond donors (Lipinski definition) is 0. The fraction of sp³-hybridized carbons (Fsp3) is 0. The summed E-state index contributed by atoms with van der Waals surface area (Å²) in [5.41, 5.74) is 0. The Kier molecular flexibility index (Phi) is 6.21. The summed E-state index contributed by atoms with van der Waals surface area (Å²) in [4.78, 5) is 0. The Morgan fingerprint density at radius 2 is 0.815 bits per heavy atom. The highest BCUT2D eigenvalue weighted by Gasteiger charge is 2.35. The van der Waals surface area contributed by atoms with Crippen LogP contribution in [0, 0.1) is 5.82 Å².